The van der Waals surface area contributed by atoms with E-state index in [1.807, 2.05) is 0 Å². The van der Waals surface area contributed by atoms with E-state index in [9.17, 15) is 9.18 Å². The molecule has 4 nitrogen and oxygen atoms in total. The van der Waals surface area contributed by atoms with Crippen molar-refractivity contribution in [2.24, 2.45) is 5.73 Å². The summed E-state index contributed by atoms with van der Waals surface area (Å²) < 4.78 is 12.5. The van der Waals surface area contributed by atoms with Crippen LogP contribution in [0, 0.1) is 5.82 Å². The third-order valence-electron chi connectivity index (χ3n) is 1.83. The minimum atomic E-state index is -0.348. The van der Waals surface area contributed by atoms with Crippen LogP contribution in [-0.2, 0) is 0 Å². The molecule has 1 rings (SSSR count). The van der Waals surface area contributed by atoms with Crippen LogP contribution in [0.4, 0.5) is 14.9 Å². The SMILES string of the molecule is CC(CN)NC(=O)Nc1ccc(F)cc1. The minimum Gasteiger partial charge on any atom is -0.334 e. The van der Waals surface area contributed by atoms with Crippen molar-refractivity contribution in [3.05, 3.63) is 30.1 Å². The van der Waals surface area contributed by atoms with E-state index in [0.717, 1.165) is 0 Å². The van der Waals surface area contributed by atoms with Crippen molar-refractivity contribution in [2.75, 3.05) is 11.9 Å². The Balaban J connectivity index is 2.48. The van der Waals surface area contributed by atoms with E-state index in [2.05, 4.69) is 10.6 Å². The van der Waals surface area contributed by atoms with Crippen LogP contribution in [-0.4, -0.2) is 18.6 Å². The van der Waals surface area contributed by atoms with Gasteiger partial charge in [-0.05, 0) is 31.2 Å². The van der Waals surface area contributed by atoms with Gasteiger partial charge in [-0.1, -0.05) is 0 Å². The highest BCUT2D eigenvalue weighted by molar-refractivity contribution is 5.89. The molecule has 2 amide bonds. The van der Waals surface area contributed by atoms with E-state index in [1.165, 1.54) is 24.3 Å². The number of rotatable bonds is 3. The van der Waals surface area contributed by atoms with E-state index >= 15 is 0 Å². The summed E-state index contributed by atoms with van der Waals surface area (Å²) in [5.74, 6) is -0.337. The number of carbonyl (C=O) groups excluding carboxylic acids is 1. The molecular weight excluding hydrogens is 197 g/mol. The van der Waals surface area contributed by atoms with Gasteiger partial charge in [-0.25, -0.2) is 9.18 Å². The van der Waals surface area contributed by atoms with E-state index < -0.39 is 0 Å². The van der Waals surface area contributed by atoms with Gasteiger partial charge >= 0.3 is 6.03 Å². The molecule has 0 saturated carbocycles. The first kappa shape index (κ1) is 11.5. The third kappa shape index (κ3) is 3.95. The number of nitrogens with one attached hydrogen (secondary N) is 2. The molecule has 0 aromatic heterocycles. The van der Waals surface area contributed by atoms with Crippen LogP contribution < -0.4 is 16.4 Å². The summed E-state index contributed by atoms with van der Waals surface area (Å²) in [4.78, 5) is 11.3. The highest BCUT2D eigenvalue weighted by atomic mass is 19.1. The highest BCUT2D eigenvalue weighted by Gasteiger charge is 2.04. The Bertz CT molecular complexity index is 326. The van der Waals surface area contributed by atoms with Gasteiger partial charge in [-0.15, -0.1) is 0 Å². The molecule has 0 aliphatic rings. The zero-order valence-corrected chi connectivity index (χ0v) is 8.46. The molecule has 4 N–H and O–H groups in total. The van der Waals surface area contributed by atoms with Crippen LogP contribution in [0.3, 0.4) is 0 Å². The highest BCUT2D eigenvalue weighted by Crippen LogP contribution is 2.07. The molecule has 15 heavy (non-hydrogen) atoms. The van der Waals surface area contributed by atoms with Gasteiger partial charge in [0, 0.05) is 18.3 Å². The Morgan fingerprint density at radius 2 is 2.07 bits per heavy atom. The summed E-state index contributed by atoms with van der Waals surface area (Å²) in [7, 11) is 0. The van der Waals surface area contributed by atoms with E-state index in [1.54, 1.807) is 6.92 Å². The first-order chi connectivity index (χ1) is 7.11. The smallest absolute Gasteiger partial charge is 0.319 e. The quantitative estimate of drug-likeness (QED) is 0.705. The molecule has 0 aliphatic heterocycles. The summed E-state index contributed by atoms with van der Waals surface area (Å²) in [6.45, 7) is 2.17. The van der Waals surface area contributed by atoms with E-state index in [0.29, 0.717) is 12.2 Å². The second-order valence-corrected chi connectivity index (χ2v) is 3.24. The number of carbonyl (C=O) groups is 1. The molecule has 1 aromatic carbocycles. The third-order valence-corrected chi connectivity index (χ3v) is 1.83. The van der Waals surface area contributed by atoms with E-state index in [-0.39, 0.29) is 17.9 Å². The lowest BCUT2D eigenvalue weighted by Gasteiger charge is -2.12. The number of urea groups is 1. The van der Waals surface area contributed by atoms with Crippen LogP contribution in [0.5, 0.6) is 0 Å². The van der Waals surface area contributed by atoms with Gasteiger partial charge in [0.2, 0.25) is 0 Å². The monoisotopic (exact) mass is 211 g/mol. The Kier molecular flexibility index (Phi) is 4.05. The molecule has 0 saturated heterocycles. The molecule has 0 fully saturated rings. The maximum absolute atomic E-state index is 12.5. The zero-order valence-electron chi connectivity index (χ0n) is 8.46. The van der Waals surface area contributed by atoms with Crippen LogP contribution in [0.2, 0.25) is 0 Å². The van der Waals surface area contributed by atoms with Crippen molar-refractivity contribution in [2.45, 2.75) is 13.0 Å². The number of benzene rings is 1. The summed E-state index contributed by atoms with van der Waals surface area (Å²) in [5.41, 5.74) is 5.88. The normalized spacial score (nSPS) is 11.9. The summed E-state index contributed by atoms with van der Waals surface area (Å²) in [6.07, 6.45) is 0. The van der Waals surface area contributed by atoms with Gasteiger partial charge in [0.05, 0.1) is 0 Å². The molecule has 5 heteroatoms. The number of nitrogens with two attached hydrogens (primary N) is 1. The first-order valence-electron chi connectivity index (χ1n) is 4.65. The molecule has 82 valence electrons. The molecule has 0 spiro atoms. The molecule has 0 aliphatic carbocycles. The predicted molar refractivity (Wildman–Crippen MR) is 57.1 cm³/mol. The van der Waals surface area contributed by atoms with Gasteiger partial charge in [-0.3, -0.25) is 0 Å². The molecule has 1 unspecified atom stereocenters. The summed E-state index contributed by atoms with van der Waals surface area (Å²) in [5, 5.41) is 5.19. The van der Waals surface area contributed by atoms with Crippen LogP contribution in [0.25, 0.3) is 0 Å². The second kappa shape index (κ2) is 5.31. The van der Waals surface area contributed by atoms with Crippen molar-refractivity contribution in [3.8, 4) is 0 Å². The van der Waals surface area contributed by atoms with Gasteiger partial charge in [0.15, 0.2) is 0 Å². The topological polar surface area (TPSA) is 67.1 Å². The molecule has 0 heterocycles. The number of hydrogen-bond acceptors (Lipinski definition) is 2. The molecule has 0 bridgehead atoms. The van der Waals surface area contributed by atoms with Gasteiger partial charge in [-0.2, -0.15) is 0 Å². The first-order valence-corrected chi connectivity index (χ1v) is 4.65. The Morgan fingerprint density at radius 1 is 1.47 bits per heavy atom. The fourth-order valence-corrected chi connectivity index (χ4v) is 0.983. The number of amides is 2. The van der Waals surface area contributed by atoms with Crippen molar-refractivity contribution in [1.29, 1.82) is 0 Å². The summed E-state index contributed by atoms with van der Waals surface area (Å²) in [6, 6.07) is 5.10. The summed E-state index contributed by atoms with van der Waals surface area (Å²) >= 11 is 0. The van der Waals surface area contributed by atoms with Crippen LogP contribution in [0.15, 0.2) is 24.3 Å². The maximum atomic E-state index is 12.5. The number of anilines is 1. The molecule has 1 aromatic rings. The minimum absolute atomic E-state index is 0.0922. The van der Waals surface area contributed by atoms with E-state index in [4.69, 9.17) is 5.73 Å². The largest absolute Gasteiger partial charge is 0.334 e. The van der Waals surface area contributed by atoms with Crippen LogP contribution >= 0.6 is 0 Å². The van der Waals surface area contributed by atoms with Crippen LogP contribution in [0.1, 0.15) is 6.92 Å². The molecular formula is C10H14FN3O. The average molecular weight is 211 g/mol. The van der Waals surface area contributed by atoms with Crippen molar-refractivity contribution in [3.63, 3.8) is 0 Å². The van der Waals surface area contributed by atoms with Crippen molar-refractivity contribution in [1.82, 2.24) is 5.32 Å². The van der Waals surface area contributed by atoms with Gasteiger partial charge < -0.3 is 16.4 Å². The zero-order chi connectivity index (χ0) is 11.3. The average Bonchev–Trinajstić information content (AvgIpc) is 2.21. The fraction of sp³-hybridized carbons (Fsp3) is 0.300. The predicted octanol–water partition coefficient (Wildman–Crippen LogP) is 1.29. The lowest BCUT2D eigenvalue weighted by atomic mass is 10.3. The number of hydrogen-bond donors (Lipinski definition) is 3. The molecule has 0 radical (unpaired) electrons. The fourth-order valence-electron chi connectivity index (χ4n) is 0.983. The van der Waals surface area contributed by atoms with Gasteiger partial charge in [0.1, 0.15) is 5.82 Å². The van der Waals surface area contributed by atoms with Crippen molar-refractivity contribution >= 4 is 11.7 Å². The van der Waals surface area contributed by atoms with Crippen molar-refractivity contribution < 1.29 is 9.18 Å². The Labute approximate surface area is 87.7 Å². The maximum Gasteiger partial charge on any atom is 0.319 e. The standard InChI is InChI=1S/C10H14FN3O/c1-7(6-12)13-10(15)14-9-4-2-8(11)3-5-9/h2-5,7H,6,12H2,1H3,(H2,13,14,15). The van der Waals surface area contributed by atoms with Gasteiger partial charge in [0.25, 0.3) is 0 Å². The number of halogens is 1. The Morgan fingerprint density at radius 3 is 2.60 bits per heavy atom. The Hall–Kier alpha value is -1.62. The lowest BCUT2D eigenvalue weighted by molar-refractivity contribution is 0.249. The lowest BCUT2D eigenvalue weighted by Crippen LogP contribution is -2.40. The molecule has 1 atom stereocenters. The second-order valence-electron chi connectivity index (χ2n) is 3.24.